The van der Waals surface area contributed by atoms with Crippen molar-refractivity contribution < 1.29 is 23.2 Å². The average Bonchev–Trinajstić information content (AvgIpc) is 3.64. The number of thioether (sulfide) groups is 1. The molecule has 1 aliphatic rings. The molecule has 5 rings (SSSR count). The monoisotopic (exact) mass is 498 g/mol. The molecule has 1 saturated heterocycles. The molecule has 0 aliphatic carbocycles. The van der Waals surface area contributed by atoms with E-state index in [0.717, 1.165) is 16.8 Å². The Morgan fingerprint density at radius 2 is 1.92 bits per heavy atom. The second-order valence-electron chi connectivity index (χ2n) is 8.03. The number of carbonyl (C=O) groups excluding carboxylic acids is 2. The Hall–Kier alpha value is -4.30. The zero-order valence-electron chi connectivity index (χ0n) is 19.6. The summed E-state index contributed by atoms with van der Waals surface area (Å²) in [6.45, 7) is 2.21. The van der Waals surface area contributed by atoms with Crippen molar-refractivity contribution >= 4 is 40.6 Å². The second kappa shape index (κ2) is 10.1. The molecule has 4 aromatic rings. The van der Waals surface area contributed by atoms with E-state index < -0.39 is 5.97 Å². The zero-order chi connectivity index (χ0) is 25.1. The number of carbonyl (C=O) groups is 2. The maximum Gasteiger partial charge on any atom is 0.337 e. The third-order valence-electron chi connectivity index (χ3n) is 5.59. The summed E-state index contributed by atoms with van der Waals surface area (Å²) in [7, 11) is 1.35. The molecule has 1 fully saturated rings. The summed E-state index contributed by atoms with van der Waals surface area (Å²) in [6, 6.07) is 22.0. The molecular weight excluding hydrogens is 476 g/mol. The fourth-order valence-electron chi connectivity index (χ4n) is 3.74. The molecular formula is C28H22N2O5S. The van der Waals surface area contributed by atoms with Crippen LogP contribution >= 0.6 is 11.8 Å². The van der Waals surface area contributed by atoms with E-state index in [9.17, 15) is 9.59 Å². The van der Waals surface area contributed by atoms with Gasteiger partial charge in [-0.1, -0.05) is 24.3 Å². The van der Waals surface area contributed by atoms with Crippen molar-refractivity contribution in [2.24, 2.45) is 4.99 Å². The van der Waals surface area contributed by atoms with Gasteiger partial charge in [-0.25, -0.2) is 9.79 Å². The normalized spacial score (nSPS) is 15.7. The summed E-state index contributed by atoms with van der Waals surface area (Å²) in [6.07, 6.45) is 3.29. The number of nitrogens with zero attached hydrogens (tertiary/aromatic N) is 2. The summed E-state index contributed by atoms with van der Waals surface area (Å²) in [5, 5.41) is 0.558. The third kappa shape index (κ3) is 4.89. The first-order valence-corrected chi connectivity index (χ1v) is 12.0. The summed E-state index contributed by atoms with van der Waals surface area (Å²) in [4.78, 5) is 32.1. The standard InChI is InChI=1S/C28H22N2O5S/c1-18-10-11-19(27(32)33-2)15-23(18)24-13-12-21(35-24)16-25-26(31)30(17-22-9-6-14-34-22)28(36-25)29-20-7-4-3-5-8-20/h3-16H,17H2,1-2H3/b25-16-,29-28?. The number of aliphatic imine (C=N–C) groups is 1. The quantitative estimate of drug-likeness (QED) is 0.225. The lowest BCUT2D eigenvalue weighted by Gasteiger charge is -2.13. The number of para-hydroxylation sites is 1. The van der Waals surface area contributed by atoms with Crippen molar-refractivity contribution in [3.05, 3.63) is 107 Å². The molecule has 0 unspecified atom stereocenters. The molecule has 0 saturated carbocycles. The van der Waals surface area contributed by atoms with Crippen LogP contribution in [0.25, 0.3) is 17.4 Å². The summed E-state index contributed by atoms with van der Waals surface area (Å²) in [5.41, 5.74) is 2.91. The molecule has 2 aromatic heterocycles. The van der Waals surface area contributed by atoms with Crippen molar-refractivity contribution in [3.63, 3.8) is 0 Å². The van der Waals surface area contributed by atoms with Crippen LogP contribution in [0.2, 0.25) is 0 Å². The SMILES string of the molecule is COC(=O)c1ccc(C)c(-c2ccc(/C=C3\SC(=Nc4ccccc4)N(Cc4ccco4)C3=O)o2)c1. The van der Waals surface area contributed by atoms with Crippen molar-refractivity contribution in [2.45, 2.75) is 13.5 Å². The first-order valence-electron chi connectivity index (χ1n) is 11.2. The van der Waals surface area contributed by atoms with Crippen LogP contribution in [0.3, 0.4) is 0 Å². The van der Waals surface area contributed by atoms with Crippen LogP contribution in [-0.2, 0) is 16.1 Å². The van der Waals surface area contributed by atoms with E-state index in [1.165, 1.54) is 18.9 Å². The number of amidine groups is 1. The Labute approximate surface area is 212 Å². The fraction of sp³-hybridized carbons (Fsp3) is 0.107. The van der Waals surface area contributed by atoms with Gasteiger partial charge < -0.3 is 13.6 Å². The first-order chi connectivity index (χ1) is 17.5. The van der Waals surface area contributed by atoms with Gasteiger partial charge in [0.1, 0.15) is 17.3 Å². The van der Waals surface area contributed by atoms with Crippen molar-refractivity contribution in [2.75, 3.05) is 7.11 Å². The van der Waals surface area contributed by atoms with Crippen molar-refractivity contribution in [3.8, 4) is 11.3 Å². The predicted molar refractivity (Wildman–Crippen MR) is 139 cm³/mol. The molecule has 1 aliphatic heterocycles. The van der Waals surface area contributed by atoms with Crippen LogP contribution < -0.4 is 0 Å². The second-order valence-corrected chi connectivity index (χ2v) is 9.04. The van der Waals surface area contributed by atoms with Gasteiger partial charge in [0, 0.05) is 11.6 Å². The van der Waals surface area contributed by atoms with Crippen LogP contribution in [0.15, 0.2) is 97.8 Å². The molecule has 8 heteroatoms. The summed E-state index contributed by atoms with van der Waals surface area (Å²) >= 11 is 1.28. The number of ether oxygens (including phenoxy) is 1. The topological polar surface area (TPSA) is 85.2 Å². The maximum absolute atomic E-state index is 13.3. The molecule has 1 amide bonds. The Kier molecular flexibility index (Phi) is 6.60. The number of methoxy groups -OCH3 is 1. The Balaban J connectivity index is 1.46. The molecule has 0 spiro atoms. The third-order valence-corrected chi connectivity index (χ3v) is 6.59. The molecule has 0 radical (unpaired) electrons. The lowest BCUT2D eigenvalue weighted by atomic mass is 10.0. The first kappa shape index (κ1) is 23.4. The molecule has 180 valence electrons. The van der Waals surface area contributed by atoms with Crippen LogP contribution in [0.1, 0.15) is 27.4 Å². The van der Waals surface area contributed by atoms with Gasteiger partial charge in [0.15, 0.2) is 5.17 Å². The Morgan fingerprint density at radius 1 is 1.08 bits per heavy atom. The van der Waals surface area contributed by atoms with E-state index in [1.54, 1.807) is 41.5 Å². The number of hydrogen-bond acceptors (Lipinski definition) is 7. The van der Waals surface area contributed by atoms with Gasteiger partial charge in [0.05, 0.1) is 36.1 Å². The minimum absolute atomic E-state index is 0.187. The number of esters is 1. The van der Waals surface area contributed by atoms with Gasteiger partial charge in [-0.2, -0.15) is 0 Å². The van der Waals surface area contributed by atoms with Crippen molar-refractivity contribution in [1.82, 2.24) is 4.90 Å². The highest BCUT2D eigenvalue weighted by Crippen LogP contribution is 2.36. The van der Waals surface area contributed by atoms with Gasteiger partial charge in [-0.15, -0.1) is 0 Å². The number of rotatable bonds is 6. The summed E-state index contributed by atoms with van der Waals surface area (Å²) < 4.78 is 16.3. The average molecular weight is 499 g/mol. The maximum atomic E-state index is 13.3. The van der Waals surface area contributed by atoms with Crippen molar-refractivity contribution in [1.29, 1.82) is 0 Å². The van der Waals surface area contributed by atoms with E-state index >= 15 is 0 Å². The van der Waals surface area contributed by atoms with Crippen LogP contribution in [-0.4, -0.2) is 29.1 Å². The molecule has 0 bridgehead atoms. The molecule has 36 heavy (non-hydrogen) atoms. The minimum Gasteiger partial charge on any atom is -0.467 e. The Morgan fingerprint density at radius 3 is 2.67 bits per heavy atom. The molecule has 7 nitrogen and oxygen atoms in total. The van der Waals surface area contributed by atoms with E-state index in [-0.39, 0.29) is 12.5 Å². The summed E-state index contributed by atoms with van der Waals surface area (Å²) in [5.74, 6) is 1.16. The lowest BCUT2D eigenvalue weighted by Crippen LogP contribution is -2.28. The van der Waals surface area contributed by atoms with Gasteiger partial charge >= 0.3 is 5.97 Å². The Bertz CT molecular complexity index is 1470. The smallest absolute Gasteiger partial charge is 0.337 e. The van der Waals surface area contributed by atoms with Gasteiger partial charge in [-0.05, 0) is 72.8 Å². The highest BCUT2D eigenvalue weighted by atomic mass is 32.2. The molecule has 2 aromatic carbocycles. The van der Waals surface area contributed by atoms with E-state index in [2.05, 4.69) is 4.99 Å². The largest absolute Gasteiger partial charge is 0.467 e. The minimum atomic E-state index is -0.417. The van der Waals surface area contributed by atoms with E-state index in [1.807, 2.05) is 55.5 Å². The molecule has 3 heterocycles. The van der Waals surface area contributed by atoms with Gasteiger partial charge in [0.25, 0.3) is 5.91 Å². The molecule has 0 N–H and O–H groups in total. The van der Waals surface area contributed by atoms with Gasteiger partial charge in [-0.3, -0.25) is 9.69 Å². The van der Waals surface area contributed by atoms with E-state index in [0.29, 0.717) is 32.9 Å². The highest BCUT2D eigenvalue weighted by Gasteiger charge is 2.34. The lowest BCUT2D eigenvalue weighted by molar-refractivity contribution is -0.122. The highest BCUT2D eigenvalue weighted by molar-refractivity contribution is 8.18. The van der Waals surface area contributed by atoms with Gasteiger partial charge in [0.2, 0.25) is 0 Å². The number of benzene rings is 2. The number of amides is 1. The fourth-order valence-corrected chi connectivity index (χ4v) is 4.72. The van der Waals surface area contributed by atoms with Crippen LogP contribution in [0.5, 0.6) is 0 Å². The zero-order valence-corrected chi connectivity index (χ0v) is 20.5. The number of hydrogen-bond donors (Lipinski definition) is 0. The number of aryl methyl sites for hydroxylation is 1. The van der Waals surface area contributed by atoms with Crippen LogP contribution in [0.4, 0.5) is 5.69 Å². The number of furan rings is 2. The van der Waals surface area contributed by atoms with Crippen LogP contribution in [0, 0.1) is 6.92 Å². The van der Waals surface area contributed by atoms with E-state index in [4.69, 9.17) is 13.6 Å². The predicted octanol–water partition coefficient (Wildman–Crippen LogP) is 6.44. The molecule has 0 atom stereocenters.